The van der Waals surface area contributed by atoms with E-state index < -0.39 is 10.0 Å². The second kappa shape index (κ2) is 5.25. The summed E-state index contributed by atoms with van der Waals surface area (Å²) in [6.07, 6.45) is 2.30. The van der Waals surface area contributed by atoms with Crippen molar-refractivity contribution in [1.82, 2.24) is 9.62 Å². The molecule has 0 aromatic rings. The van der Waals surface area contributed by atoms with Crippen molar-refractivity contribution in [2.45, 2.75) is 19.4 Å². The van der Waals surface area contributed by atoms with Crippen molar-refractivity contribution in [3.8, 4) is 0 Å². The first-order valence-electron chi connectivity index (χ1n) is 5.31. The van der Waals surface area contributed by atoms with Crippen LogP contribution in [0.4, 0.5) is 0 Å². The summed E-state index contributed by atoms with van der Waals surface area (Å²) in [5.74, 6) is 0.559. The summed E-state index contributed by atoms with van der Waals surface area (Å²) in [5, 5.41) is 0. The zero-order valence-corrected chi connectivity index (χ0v) is 10.3. The SMILES string of the molecule is CC(N)C1CCN(CCNS(C)(=O)=O)C1. The Morgan fingerprint density at radius 3 is 2.73 bits per heavy atom. The number of likely N-dealkylation sites (tertiary alicyclic amines) is 1. The maximum Gasteiger partial charge on any atom is 0.208 e. The van der Waals surface area contributed by atoms with Crippen molar-refractivity contribution < 1.29 is 8.42 Å². The molecule has 1 heterocycles. The first-order chi connectivity index (χ1) is 6.88. The lowest BCUT2D eigenvalue weighted by molar-refractivity contribution is 0.320. The van der Waals surface area contributed by atoms with E-state index in [9.17, 15) is 8.42 Å². The van der Waals surface area contributed by atoms with Crippen molar-refractivity contribution >= 4 is 10.0 Å². The molecule has 0 aliphatic carbocycles. The van der Waals surface area contributed by atoms with Gasteiger partial charge >= 0.3 is 0 Å². The van der Waals surface area contributed by atoms with E-state index in [1.807, 2.05) is 6.92 Å². The minimum atomic E-state index is -3.05. The standard InChI is InChI=1S/C9H21N3O2S/c1-8(10)9-3-5-12(7-9)6-4-11-15(2,13)14/h8-9,11H,3-7,10H2,1-2H3. The molecule has 6 heteroatoms. The first kappa shape index (κ1) is 12.9. The van der Waals surface area contributed by atoms with Gasteiger partial charge in [-0.1, -0.05) is 0 Å². The number of rotatable bonds is 5. The Hall–Kier alpha value is -0.170. The molecule has 1 saturated heterocycles. The fourth-order valence-electron chi connectivity index (χ4n) is 1.88. The third-order valence-corrected chi connectivity index (χ3v) is 3.57. The van der Waals surface area contributed by atoms with Gasteiger partial charge in [-0.15, -0.1) is 0 Å². The van der Waals surface area contributed by atoms with E-state index in [2.05, 4.69) is 9.62 Å². The van der Waals surface area contributed by atoms with Gasteiger partial charge in [0, 0.05) is 25.7 Å². The molecule has 5 nitrogen and oxygen atoms in total. The number of hydrogen-bond donors (Lipinski definition) is 2. The van der Waals surface area contributed by atoms with Gasteiger partial charge in [-0.25, -0.2) is 13.1 Å². The topological polar surface area (TPSA) is 75.4 Å². The lowest BCUT2D eigenvalue weighted by atomic mass is 10.0. The van der Waals surface area contributed by atoms with Crippen LogP contribution in [0.1, 0.15) is 13.3 Å². The van der Waals surface area contributed by atoms with Gasteiger partial charge in [0.2, 0.25) is 10.0 Å². The highest BCUT2D eigenvalue weighted by Gasteiger charge is 2.24. The average Bonchev–Trinajstić information content (AvgIpc) is 2.50. The molecule has 0 amide bonds. The van der Waals surface area contributed by atoms with Crippen molar-refractivity contribution in [1.29, 1.82) is 0 Å². The molecule has 0 spiro atoms. The molecule has 90 valence electrons. The van der Waals surface area contributed by atoms with Gasteiger partial charge in [-0.05, 0) is 25.8 Å². The number of hydrogen-bond acceptors (Lipinski definition) is 4. The molecule has 1 aliphatic rings. The third kappa shape index (κ3) is 4.92. The van der Waals surface area contributed by atoms with Crippen LogP contribution in [-0.2, 0) is 10.0 Å². The van der Waals surface area contributed by atoms with E-state index in [1.165, 1.54) is 6.26 Å². The highest BCUT2D eigenvalue weighted by molar-refractivity contribution is 7.88. The predicted octanol–water partition coefficient (Wildman–Crippen LogP) is -0.795. The summed E-state index contributed by atoms with van der Waals surface area (Å²) in [6, 6.07) is 0.234. The van der Waals surface area contributed by atoms with E-state index in [4.69, 9.17) is 5.73 Å². The van der Waals surface area contributed by atoms with Crippen LogP contribution in [0.3, 0.4) is 0 Å². The molecule has 1 rings (SSSR count). The lowest BCUT2D eigenvalue weighted by Gasteiger charge is -2.17. The summed E-state index contributed by atoms with van der Waals surface area (Å²) in [4.78, 5) is 2.26. The minimum Gasteiger partial charge on any atom is -0.328 e. The maximum absolute atomic E-state index is 10.8. The fourth-order valence-corrected chi connectivity index (χ4v) is 2.35. The number of nitrogens with zero attached hydrogens (tertiary/aromatic N) is 1. The zero-order valence-electron chi connectivity index (χ0n) is 9.44. The third-order valence-electron chi connectivity index (χ3n) is 2.84. The molecule has 0 saturated carbocycles. The molecule has 2 unspecified atom stereocenters. The van der Waals surface area contributed by atoms with Crippen molar-refractivity contribution in [2.75, 3.05) is 32.4 Å². The van der Waals surface area contributed by atoms with Gasteiger partial charge in [-0.3, -0.25) is 0 Å². The monoisotopic (exact) mass is 235 g/mol. The van der Waals surface area contributed by atoms with Crippen LogP contribution in [0.15, 0.2) is 0 Å². The van der Waals surface area contributed by atoms with Gasteiger partial charge in [0.25, 0.3) is 0 Å². The van der Waals surface area contributed by atoms with Crippen LogP contribution in [0.2, 0.25) is 0 Å². The average molecular weight is 235 g/mol. The van der Waals surface area contributed by atoms with E-state index >= 15 is 0 Å². The fraction of sp³-hybridized carbons (Fsp3) is 1.00. The van der Waals surface area contributed by atoms with Crippen LogP contribution in [-0.4, -0.2) is 51.8 Å². The Morgan fingerprint density at radius 2 is 2.27 bits per heavy atom. The summed E-state index contributed by atoms with van der Waals surface area (Å²) in [5.41, 5.74) is 5.82. The molecule has 0 aromatic carbocycles. The summed E-state index contributed by atoms with van der Waals surface area (Å²) >= 11 is 0. The number of sulfonamides is 1. The van der Waals surface area contributed by atoms with E-state index in [-0.39, 0.29) is 6.04 Å². The number of nitrogens with two attached hydrogens (primary N) is 1. The molecular formula is C9H21N3O2S. The molecule has 1 fully saturated rings. The molecule has 2 atom stereocenters. The van der Waals surface area contributed by atoms with Crippen LogP contribution in [0.25, 0.3) is 0 Å². The number of nitrogens with one attached hydrogen (secondary N) is 1. The second-order valence-electron chi connectivity index (χ2n) is 4.37. The largest absolute Gasteiger partial charge is 0.328 e. The van der Waals surface area contributed by atoms with Crippen LogP contribution >= 0.6 is 0 Å². The Kier molecular flexibility index (Phi) is 4.51. The minimum absolute atomic E-state index is 0.234. The quantitative estimate of drug-likeness (QED) is 0.654. The lowest BCUT2D eigenvalue weighted by Crippen LogP contribution is -2.35. The zero-order chi connectivity index (χ0) is 11.5. The van der Waals surface area contributed by atoms with E-state index in [1.54, 1.807) is 0 Å². The highest BCUT2D eigenvalue weighted by atomic mass is 32.2. The molecule has 1 aliphatic heterocycles. The van der Waals surface area contributed by atoms with Gasteiger partial charge in [0.05, 0.1) is 6.26 Å². The molecule has 0 aromatic heterocycles. The van der Waals surface area contributed by atoms with Gasteiger partial charge < -0.3 is 10.6 Å². The van der Waals surface area contributed by atoms with Gasteiger partial charge in [0.15, 0.2) is 0 Å². The summed E-state index contributed by atoms with van der Waals surface area (Å²) in [7, 11) is -3.05. The summed E-state index contributed by atoms with van der Waals surface area (Å²) < 4.78 is 24.1. The molecule has 3 N–H and O–H groups in total. The Bertz CT molecular complexity index is 290. The summed E-state index contributed by atoms with van der Waals surface area (Å²) in [6.45, 7) is 5.31. The highest BCUT2D eigenvalue weighted by Crippen LogP contribution is 2.17. The first-order valence-corrected chi connectivity index (χ1v) is 7.20. The van der Waals surface area contributed by atoms with Crippen LogP contribution < -0.4 is 10.5 Å². The van der Waals surface area contributed by atoms with Gasteiger partial charge in [-0.2, -0.15) is 0 Å². The molecule has 0 radical (unpaired) electrons. The molecule has 15 heavy (non-hydrogen) atoms. The predicted molar refractivity (Wildman–Crippen MR) is 61.0 cm³/mol. The van der Waals surface area contributed by atoms with Crippen LogP contribution in [0.5, 0.6) is 0 Å². The Balaban J connectivity index is 2.20. The van der Waals surface area contributed by atoms with Crippen molar-refractivity contribution in [2.24, 2.45) is 11.7 Å². The Morgan fingerprint density at radius 1 is 1.60 bits per heavy atom. The van der Waals surface area contributed by atoms with E-state index in [0.717, 1.165) is 26.1 Å². The Labute approximate surface area is 92.1 Å². The maximum atomic E-state index is 10.8. The second-order valence-corrected chi connectivity index (χ2v) is 6.21. The van der Waals surface area contributed by atoms with Gasteiger partial charge in [0.1, 0.15) is 0 Å². The molecular weight excluding hydrogens is 214 g/mol. The van der Waals surface area contributed by atoms with Crippen molar-refractivity contribution in [3.63, 3.8) is 0 Å². The molecule has 0 bridgehead atoms. The normalized spacial score (nSPS) is 25.7. The smallest absolute Gasteiger partial charge is 0.208 e. The van der Waals surface area contributed by atoms with E-state index in [0.29, 0.717) is 12.5 Å². The van der Waals surface area contributed by atoms with Crippen LogP contribution in [0, 0.1) is 5.92 Å². The van der Waals surface area contributed by atoms with Crippen molar-refractivity contribution in [3.05, 3.63) is 0 Å².